The quantitative estimate of drug-likeness (QED) is 0.939. The van der Waals surface area contributed by atoms with E-state index in [-0.39, 0.29) is 12.2 Å². The molecular weight excluding hydrogens is 266 g/mol. The molecule has 3 rings (SSSR count). The smallest absolute Gasteiger partial charge is 0.221 e. The zero-order valence-corrected chi connectivity index (χ0v) is 11.8. The van der Waals surface area contributed by atoms with Crippen molar-refractivity contribution in [3.63, 3.8) is 0 Å². The molecule has 4 nitrogen and oxygen atoms in total. The number of hydrogen-bond donors (Lipinski definition) is 1. The minimum absolute atomic E-state index is 0.0770. The fourth-order valence-corrected chi connectivity index (χ4v) is 2.40. The van der Waals surface area contributed by atoms with Gasteiger partial charge in [-0.05, 0) is 11.6 Å². The third-order valence-electron chi connectivity index (χ3n) is 3.35. The molecule has 108 valence electrons. The van der Waals surface area contributed by atoms with Crippen LogP contribution in [0.2, 0.25) is 0 Å². The van der Waals surface area contributed by atoms with Crippen molar-refractivity contribution in [2.24, 2.45) is 0 Å². The summed E-state index contributed by atoms with van der Waals surface area (Å²) in [5.74, 6) is -0.0770. The molecule has 1 N–H and O–H groups in total. The lowest BCUT2D eigenvalue weighted by Gasteiger charge is -2.12. The fraction of sp³-hybridized carbons (Fsp3) is 0.235. The van der Waals surface area contributed by atoms with Gasteiger partial charge in [-0.3, -0.25) is 4.79 Å². The van der Waals surface area contributed by atoms with Gasteiger partial charge in [0.05, 0.1) is 13.2 Å². The minimum Gasteiger partial charge on any atom is -0.346 e. The van der Waals surface area contributed by atoms with Crippen LogP contribution in [0.4, 0.5) is 5.69 Å². The van der Waals surface area contributed by atoms with Crippen LogP contribution in [0.1, 0.15) is 18.8 Å². The van der Waals surface area contributed by atoms with Crippen LogP contribution >= 0.6 is 0 Å². The zero-order valence-electron chi connectivity index (χ0n) is 11.8. The third kappa shape index (κ3) is 3.12. The van der Waals surface area contributed by atoms with Gasteiger partial charge in [-0.25, -0.2) is 0 Å². The van der Waals surface area contributed by atoms with Gasteiger partial charge in [-0.1, -0.05) is 42.5 Å². The van der Waals surface area contributed by atoms with Gasteiger partial charge >= 0.3 is 0 Å². The molecule has 1 heterocycles. The number of carbonyl (C=O) groups is 1. The molecule has 1 amide bonds. The number of para-hydroxylation sites is 1. The van der Waals surface area contributed by atoms with E-state index >= 15 is 0 Å². The zero-order chi connectivity index (χ0) is 14.7. The number of rotatable bonds is 3. The van der Waals surface area contributed by atoms with Gasteiger partial charge in [0.2, 0.25) is 5.91 Å². The van der Waals surface area contributed by atoms with Crippen LogP contribution in [0.3, 0.4) is 0 Å². The Kier molecular flexibility index (Phi) is 3.99. The van der Waals surface area contributed by atoms with Crippen molar-refractivity contribution >= 4 is 11.6 Å². The summed E-state index contributed by atoms with van der Waals surface area (Å²) in [5, 5.41) is 2.85. The van der Waals surface area contributed by atoms with E-state index < -0.39 is 0 Å². The van der Waals surface area contributed by atoms with Crippen molar-refractivity contribution in [3.8, 4) is 11.1 Å². The highest BCUT2D eigenvalue weighted by Crippen LogP contribution is 2.30. The average molecular weight is 283 g/mol. The number of amides is 1. The number of nitrogens with one attached hydrogen (secondary N) is 1. The van der Waals surface area contributed by atoms with Crippen molar-refractivity contribution < 1.29 is 14.3 Å². The summed E-state index contributed by atoms with van der Waals surface area (Å²) >= 11 is 0. The Labute approximate surface area is 123 Å². The lowest BCUT2D eigenvalue weighted by Crippen LogP contribution is -2.06. The van der Waals surface area contributed by atoms with E-state index in [1.54, 1.807) is 0 Å². The summed E-state index contributed by atoms with van der Waals surface area (Å²) in [7, 11) is 0. The highest BCUT2D eigenvalue weighted by Gasteiger charge is 2.18. The van der Waals surface area contributed by atoms with Gasteiger partial charge in [-0.2, -0.15) is 0 Å². The Balaban J connectivity index is 1.88. The molecule has 4 heteroatoms. The molecule has 1 fully saturated rings. The average Bonchev–Trinajstić information content (AvgIpc) is 3.02. The first kappa shape index (κ1) is 13.8. The lowest BCUT2D eigenvalue weighted by molar-refractivity contribution is -0.114. The van der Waals surface area contributed by atoms with E-state index in [1.807, 2.05) is 48.5 Å². The van der Waals surface area contributed by atoms with Gasteiger partial charge in [0.25, 0.3) is 0 Å². The summed E-state index contributed by atoms with van der Waals surface area (Å²) in [6, 6.07) is 15.8. The molecule has 2 aromatic carbocycles. The SMILES string of the molecule is CC(=O)Nc1ccccc1-c1ccc(C2OCCO2)cc1. The molecule has 0 saturated carbocycles. The molecule has 0 aromatic heterocycles. The number of carbonyl (C=O) groups excluding carboxylic acids is 1. The van der Waals surface area contributed by atoms with Gasteiger partial charge in [0, 0.05) is 23.7 Å². The second-order valence-electron chi connectivity index (χ2n) is 4.92. The summed E-state index contributed by atoms with van der Waals surface area (Å²) in [6.07, 6.45) is -0.260. The summed E-state index contributed by atoms with van der Waals surface area (Å²) in [4.78, 5) is 11.3. The number of hydrogen-bond acceptors (Lipinski definition) is 3. The minimum atomic E-state index is -0.260. The maximum Gasteiger partial charge on any atom is 0.221 e. The first-order valence-electron chi connectivity index (χ1n) is 6.94. The first-order valence-corrected chi connectivity index (χ1v) is 6.94. The van der Waals surface area contributed by atoms with Crippen molar-refractivity contribution in [1.29, 1.82) is 0 Å². The highest BCUT2D eigenvalue weighted by atomic mass is 16.7. The Morgan fingerprint density at radius 3 is 2.38 bits per heavy atom. The molecule has 21 heavy (non-hydrogen) atoms. The fourth-order valence-electron chi connectivity index (χ4n) is 2.40. The summed E-state index contributed by atoms with van der Waals surface area (Å²) in [6.45, 7) is 2.78. The molecule has 1 aliphatic heterocycles. The van der Waals surface area contributed by atoms with Gasteiger partial charge in [0.15, 0.2) is 6.29 Å². The number of anilines is 1. The van der Waals surface area contributed by atoms with Crippen molar-refractivity contribution in [2.45, 2.75) is 13.2 Å². The molecule has 0 aliphatic carbocycles. The van der Waals surface area contributed by atoms with Crippen LogP contribution in [0.15, 0.2) is 48.5 Å². The van der Waals surface area contributed by atoms with Crippen molar-refractivity contribution in [3.05, 3.63) is 54.1 Å². The van der Waals surface area contributed by atoms with Crippen LogP contribution in [0.25, 0.3) is 11.1 Å². The molecule has 0 unspecified atom stereocenters. The summed E-state index contributed by atoms with van der Waals surface area (Å²) < 4.78 is 11.0. The predicted molar refractivity (Wildman–Crippen MR) is 80.8 cm³/mol. The van der Waals surface area contributed by atoms with Gasteiger partial charge in [-0.15, -0.1) is 0 Å². The Morgan fingerprint density at radius 2 is 1.71 bits per heavy atom. The molecular formula is C17H17NO3. The molecule has 0 radical (unpaired) electrons. The van der Waals surface area contributed by atoms with E-state index in [2.05, 4.69) is 5.32 Å². The number of benzene rings is 2. The second kappa shape index (κ2) is 6.08. The van der Waals surface area contributed by atoms with Crippen LogP contribution in [-0.4, -0.2) is 19.1 Å². The van der Waals surface area contributed by atoms with Gasteiger partial charge in [0.1, 0.15) is 0 Å². The maximum atomic E-state index is 11.3. The monoisotopic (exact) mass is 283 g/mol. The Bertz CT molecular complexity index is 631. The standard InChI is InChI=1S/C17H17NO3/c1-12(19)18-16-5-3-2-4-15(16)13-6-8-14(9-7-13)17-20-10-11-21-17/h2-9,17H,10-11H2,1H3,(H,18,19). The third-order valence-corrected chi connectivity index (χ3v) is 3.35. The van der Waals surface area contributed by atoms with Crippen LogP contribution in [-0.2, 0) is 14.3 Å². The van der Waals surface area contributed by atoms with E-state index in [0.29, 0.717) is 13.2 Å². The largest absolute Gasteiger partial charge is 0.346 e. The second-order valence-corrected chi connectivity index (χ2v) is 4.92. The highest BCUT2D eigenvalue weighted by molar-refractivity contribution is 5.94. The van der Waals surface area contributed by atoms with Crippen LogP contribution < -0.4 is 5.32 Å². The van der Waals surface area contributed by atoms with E-state index in [1.165, 1.54) is 6.92 Å². The molecule has 1 saturated heterocycles. The predicted octanol–water partition coefficient (Wildman–Crippen LogP) is 3.36. The molecule has 2 aromatic rings. The lowest BCUT2D eigenvalue weighted by atomic mass is 10.0. The van der Waals surface area contributed by atoms with Crippen molar-refractivity contribution in [2.75, 3.05) is 18.5 Å². The van der Waals surface area contributed by atoms with E-state index in [4.69, 9.17) is 9.47 Å². The van der Waals surface area contributed by atoms with Gasteiger partial charge < -0.3 is 14.8 Å². The first-order chi connectivity index (χ1) is 10.2. The van der Waals surface area contributed by atoms with Crippen LogP contribution in [0.5, 0.6) is 0 Å². The normalized spacial score (nSPS) is 15.1. The molecule has 0 bridgehead atoms. The van der Waals surface area contributed by atoms with E-state index in [0.717, 1.165) is 22.4 Å². The topological polar surface area (TPSA) is 47.6 Å². The summed E-state index contributed by atoms with van der Waals surface area (Å²) in [5.41, 5.74) is 3.85. The Morgan fingerprint density at radius 1 is 1.05 bits per heavy atom. The maximum absolute atomic E-state index is 11.3. The molecule has 1 aliphatic rings. The molecule has 0 atom stereocenters. The Hall–Kier alpha value is -2.17. The molecule has 0 spiro atoms. The number of ether oxygens (including phenoxy) is 2. The van der Waals surface area contributed by atoms with Crippen LogP contribution in [0, 0.1) is 0 Å². The van der Waals surface area contributed by atoms with Crippen molar-refractivity contribution in [1.82, 2.24) is 0 Å². The van der Waals surface area contributed by atoms with E-state index in [9.17, 15) is 4.79 Å².